The smallest absolute Gasteiger partial charge is 0.250 e. The molecule has 2 aromatic heterocycles. The Morgan fingerprint density at radius 2 is 1.86 bits per heavy atom. The van der Waals surface area contributed by atoms with Crippen LogP contribution in [0.5, 0.6) is 0 Å². The first-order valence-electron chi connectivity index (χ1n) is 12.4. The molecular formula is C26H29BN5O3. The van der Waals surface area contributed by atoms with Crippen LogP contribution < -0.4 is 15.3 Å². The van der Waals surface area contributed by atoms with Crippen LogP contribution >= 0.6 is 0 Å². The minimum absolute atomic E-state index is 0.0100. The molecule has 3 aromatic rings. The van der Waals surface area contributed by atoms with Crippen LogP contribution in [0.25, 0.3) is 22.9 Å². The molecule has 0 amide bonds. The molecule has 1 radical (unpaired) electrons. The molecule has 1 unspecified atom stereocenters. The summed E-state index contributed by atoms with van der Waals surface area (Å²) in [5.74, 6) is 1.91. The maximum atomic E-state index is 6.23. The van der Waals surface area contributed by atoms with E-state index in [-0.39, 0.29) is 12.2 Å². The molecule has 1 aromatic carbocycles. The zero-order valence-electron chi connectivity index (χ0n) is 20.0. The fourth-order valence-corrected chi connectivity index (χ4v) is 5.01. The summed E-state index contributed by atoms with van der Waals surface area (Å²) in [6.45, 7) is 6.68. The van der Waals surface area contributed by atoms with Crippen molar-refractivity contribution >= 4 is 24.2 Å². The highest BCUT2D eigenvalue weighted by molar-refractivity contribution is 6.52. The number of fused-ring (bicyclic) bond motifs is 4. The molecule has 7 rings (SSSR count). The molecule has 9 heteroatoms. The molecule has 0 saturated carbocycles. The van der Waals surface area contributed by atoms with E-state index >= 15 is 0 Å². The van der Waals surface area contributed by atoms with Crippen molar-refractivity contribution < 1.29 is 13.9 Å². The Labute approximate surface area is 206 Å². The van der Waals surface area contributed by atoms with E-state index in [1.54, 1.807) is 6.20 Å². The number of piperidine rings is 1. The maximum Gasteiger partial charge on any atom is 0.250 e. The number of benzene rings is 1. The van der Waals surface area contributed by atoms with E-state index < -0.39 is 0 Å². The molecule has 0 N–H and O–H groups in total. The van der Waals surface area contributed by atoms with Gasteiger partial charge in [0.15, 0.2) is 0 Å². The third-order valence-corrected chi connectivity index (χ3v) is 6.98. The Bertz CT molecular complexity index is 1210. The third-order valence-electron chi connectivity index (χ3n) is 6.98. The molecule has 4 aliphatic heterocycles. The van der Waals surface area contributed by atoms with Gasteiger partial charge in [0.25, 0.3) is 0 Å². The molecule has 0 spiro atoms. The topological polar surface area (TPSA) is 76.8 Å². The molecule has 8 nitrogen and oxygen atoms in total. The van der Waals surface area contributed by atoms with Gasteiger partial charge in [-0.05, 0) is 37.1 Å². The normalized spacial score (nSPS) is 23.1. The van der Waals surface area contributed by atoms with Gasteiger partial charge in [-0.1, -0.05) is 30.5 Å². The Hall–Kier alpha value is -3.17. The summed E-state index contributed by atoms with van der Waals surface area (Å²) in [7, 11) is 2.12. The van der Waals surface area contributed by atoms with Crippen molar-refractivity contribution in [3.05, 3.63) is 48.7 Å². The quantitative estimate of drug-likeness (QED) is 0.397. The Morgan fingerprint density at radius 3 is 2.74 bits per heavy atom. The summed E-state index contributed by atoms with van der Waals surface area (Å²) in [6, 6.07) is 10.3. The first kappa shape index (κ1) is 22.3. The van der Waals surface area contributed by atoms with Gasteiger partial charge in [0.2, 0.25) is 11.8 Å². The predicted molar refractivity (Wildman–Crippen MR) is 136 cm³/mol. The van der Waals surface area contributed by atoms with Gasteiger partial charge in [-0.15, -0.1) is 10.2 Å². The minimum Gasteiger partial charge on any atom is -0.416 e. The first-order chi connectivity index (χ1) is 17.3. The summed E-state index contributed by atoms with van der Waals surface area (Å²) in [5, 5.41) is 8.84. The highest BCUT2D eigenvalue weighted by Crippen LogP contribution is 2.33. The van der Waals surface area contributed by atoms with E-state index in [2.05, 4.69) is 69.4 Å². The summed E-state index contributed by atoms with van der Waals surface area (Å²) in [5.41, 5.74) is 4.12. The van der Waals surface area contributed by atoms with E-state index in [0.29, 0.717) is 25.0 Å². The van der Waals surface area contributed by atoms with Gasteiger partial charge >= 0.3 is 0 Å². The largest absolute Gasteiger partial charge is 0.416 e. The number of nitrogens with zero attached hydrogens (tertiary/aromatic N) is 5. The summed E-state index contributed by atoms with van der Waals surface area (Å²) >= 11 is 0. The van der Waals surface area contributed by atoms with E-state index in [0.717, 1.165) is 61.7 Å². The van der Waals surface area contributed by atoms with E-state index in [9.17, 15) is 0 Å². The van der Waals surface area contributed by atoms with E-state index in [4.69, 9.17) is 13.9 Å². The molecular weight excluding hydrogens is 441 g/mol. The molecule has 2 fully saturated rings. The first-order valence-corrected chi connectivity index (χ1v) is 12.4. The number of pyridine rings is 1. The fourth-order valence-electron chi connectivity index (χ4n) is 5.01. The maximum absolute atomic E-state index is 6.23. The van der Waals surface area contributed by atoms with Crippen LogP contribution in [0.2, 0.25) is 6.82 Å². The van der Waals surface area contributed by atoms with Gasteiger partial charge in [-0.3, -0.25) is 0 Å². The zero-order valence-corrected chi connectivity index (χ0v) is 20.0. The number of morpholine rings is 1. The highest BCUT2D eigenvalue weighted by atomic mass is 16.5. The van der Waals surface area contributed by atoms with Crippen molar-refractivity contribution in [2.75, 3.05) is 49.2 Å². The predicted octanol–water partition coefficient (Wildman–Crippen LogP) is 2.94. The number of anilines is 2. The second kappa shape index (κ2) is 9.83. The lowest BCUT2D eigenvalue weighted by Crippen LogP contribution is -2.42. The standard InChI is InChI=1S/C26H29BN5O3/c1-27-19-4-5-22-23(16-19)31-10-7-20(8-11-31)33-13-2-3-21-17-32(12-14-34-21)24-15-18(6-9-28-24)25-29-30-26(22)35-25/h2-6,9,15-16,20-21H,7-8,10-14,17H2,1H3/b3-2+. The zero-order chi connectivity index (χ0) is 23.6. The SMILES string of the molecule is C[B]c1ccc2c(c1)N1CCC(CC1)OC/C=C/C1CN(CCO1)c1cc(ccn1)-c1nnc-2o1. The lowest BCUT2D eigenvalue weighted by atomic mass is 9.73. The van der Waals surface area contributed by atoms with Crippen molar-refractivity contribution in [1.82, 2.24) is 15.2 Å². The van der Waals surface area contributed by atoms with Gasteiger partial charge in [0, 0.05) is 43.6 Å². The number of ether oxygens (including phenoxy) is 2. The summed E-state index contributed by atoms with van der Waals surface area (Å²) in [6.07, 6.45) is 8.23. The average Bonchev–Trinajstić information content (AvgIpc) is 3.41. The monoisotopic (exact) mass is 470 g/mol. The van der Waals surface area contributed by atoms with Crippen molar-refractivity contribution in [2.24, 2.45) is 0 Å². The van der Waals surface area contributed by atoms with Crippen molar-refractivity contribution in [2.45, 2.75) is 31.9 Å². The fraction of sp³-hybridized carbons (Fsp3) is 0.423. The number of aromatic nitrogens is 3. The molecule has 8 bridgehead atoms. The van der Waals surface area contributed by atoms with Crippen LogP contribution in [0.15, 0.2) is 53.1 Å². The van der Waals surface area contributed by atoms with Crippen LogP contribution in [0, 0.1) is 0 Å². The Kier molecular flexibility index (Phi) is 6.27. The van der Waals surface area contributed by atoms with Gasteiger partial charge < -0.3 is 23.7 Å². The lowest BCUT2D eigenvalue weighted by molar-refractivity contribution is 0.0528. The van der Waals surface area contributed by atoms with Gasteiger partial charge in [-0.2, -0.15) is 0 Å². The Morgan fingerprint density at radius 1 is 0.971 bits per heavy atom. The van der Waals surface area contributed by atoms with Crippen molar-refractivity contribution in [1.29, 1.82) is 0 Å². The van der Waals surface area contributed by atoms with Crippen LogP contribution in [0.3, 0.4) is 0 Å². The molecule has 179 valence electrons. The molecule has 4 aliphatic rings. The Balaban J connectivity index is 1.40. The van der Waals surface area contributed by atoms with Crippen molar-refractivity contribution in [3.63, 3.8) is 0 Å². The van der Waals surface area contributed by atoms with Crippen LogP contribution in [-0.4, -0.2) is 74.1 Å². The van der Waals surface area contributed by atoms with Crippen molar-refractivity contribution in [3.8, 4) is 22.9 Å². The van der Waals surface area contributed by atoms with Crippen LogP contribution in [0.4, 0.5) is 11.5 Å². The van der Waals surface area contributed by atoms with E-state index in [1.807, 2.05) is 12.1 Å². The van der Waals surface area contributed by atoms with Gasteiger partial charge in [-0.25, -0.2) is 4.98 Å². The molecule has 2 saturated heterocycles. The van der Waals surface area contributed by atoms with Crippen LogP contribution in [-0.2, 0) is 9.47 Å². The summed E-state index contributed by atoms with van der Waals surface area (Å²) in [4.78, 5) is 9.25. The number of hydrogen-bond acceptors (Lipinski definition) is 8. The molecule has 1 atom stereocenters. The van der Waals surface area contributed by atoms with Crippen LogP contribution in [0.1, 0.15) is 12.8 Å². The third kappa shape index (κ3) is 4.70. The van der Waals surface area contributed by atoms with Gasteiger partial charge in [0.1, 0.15) is 13.1 Å². The number of rotatable bonds is 1. The average molecular weight is 470 g/mol. The lowest BCUT2D eigenvalue weighted by Gasteiger charge is -2.34. The molecule has 0 aliphatic carbocycles. The second-order valence-corrected chi connectivity index (χ2v) is 9.18. The number of hydrogen-bond donors (Lipinski definition) is 0. The molecule has 35 heavy (non-hydrogen) atoms. The highest BCUT2D eigenvalue weighted by Gasteiger charge is 2.25. The minimum atomic E-state index is 0.0100. The van der Waals surface area contributed by atoms with Gasteiger partial charge in [0.05, 0.1) is 31.0 Å². The summed E-state index contributed by atoms with van der Waals surface area (Å²) < 4.78 is 18.4. The second-order valence-electron chi connectivity index (χ2n) is 9.18. The van der Waals surface area contributed by atoms with E-state index in [1.165, 1.54) is 5.46 Å². The molecule has 6 heterocycles.